The fourth-order valence-electron chi connectivity index (χ4n) is 2.78. The van der Waals surface area contributed by atoms with Gasteiger partial charge in [-0.2, -0.15) is 5.26 Å². The number of carbonyl (C=O) groups excluding carboxylic acids is 3. The molecule has 1 aliphatic carbocycles. The molecule has 0 unspecified atom stereocenters. The highest BCUT2D eigenvalue weighted by Crippen LogP contribution is 2.29. The Bertz CT molecular complexity index is 752. The van der Waals surface area contributed by atoms with Crippen LogP contribution in [-0.2, 0) is 14.3 Å². The van der Waals surface area contributed by atoms with Crippen LogP contribution in [0.5, 0.6) is 0 Å². The molecule has 1 aliphatic rings. The van der Waals surface area contributed by atoms with E-state index in [0.717, 1.165) is 12.8 Å². The second-order valence-electron chi connectivity index (χ2n) is 6.60. The number of benzene rings is 1. The number of nitrogens with zero attached hydrogens (tertiary/aromatic N) is 2. The lowest BCUT2D eigenvalue weighted by molar-refractivity contribution is -0.126. The minimum atomic E-state index is -0.843. The largest absolute Gasteiger partial charge is 0.452 e. The number of nitriles is 1. The van der Waals surface area contributed by atoms with E-state index in [9.17, 15) is 19.6 Å². The molecule has 1 N–H and O–H groups in total. The summed E-state index contributed by atoms with van der Waals surface area (Å²) < 4.78 is 5.12. The average molecular weight is 389 g/mol. The summed E-state index contributed by atoms with van der Waals surface area (Å²) in [5, 5.41) is 12.0. The highest BCUT2D eigenvalue weighted by Gasteiger charge is 2.35. The predicted octanol–water partition coefficient (Wildman–Crippen LogP) is 1.98. The Morgan fingerprint density at radius 3 is 2.56 bits per heavy atom. The second kappa shape index (κ2) is 9.42. The third-order valence-corrected chi connectivity index (χ3v) is 5.40. The van der Waals surface area contributed by atoms with Gasteiger partial charge < -0.3 is 15.0 Å². The summed E-state index contributed by atoms with van der Waals surface area (Å²) in [6, 6.07) is 8.94. The van der Waals surface area contributed by atoms with Crippen LogP contribution in [0.25, 0.3) is 0 Å². The van der Waals surface area contributed by atoms with E-state index in [2.05, 4.69) is 11.4 Å². The van der Waals surface area contributed by atoms with Gasteiger partial charge in [-0.1, -0.05) is 12.1 Å². The lowest BCUT2D eigenvalue weighted by Gasteiger charge is -2.21. The molecule has 2 rings (SSSR count). The maximum Gasteiger partial charge on any atom is 0.339 e. The predicted molar refractivity (Wildman–Crippen MR) is 101 cm³/mol. The van der Waals surface area contributed by atoms with Gasteiger partial charge in [0.15, 0.2) is 6.61 Å². The van der Waals surface area contributed by atoms with Crippen LogP contribution < -0.4 is 5.32 Å². The molecule has 0 aliphatic heterocycles. The highest BCUT2D eigenvalue weighted by atomic mass is 32.2. The Morgan fingerprint density at radius 2 is 1.93 bits per heavy atom. The lowest BCUT2D eigenvalue weighted by Crippen LogP contribution is -2.46. The van der Waals surface area contributed by atoms with Crippen molar-refractivity contribution in [3.63, 3.8) is 0 Å². The molecule has 1 saturated carbocycles. The molecular formula is C19H23N3O4S. The maximum absolute atomic E-state index is 12.4. The van der Waals surface area contributed by atoms with Crippen molar-refractivity contribution in [1.29, 1.82) is 5.26 Å². The van der Waals surface area contributed by atoms with Gasteiger partial charge in [0.1, 0.15) is 5.54 Å². The van der Waals surface area contributed by atoms with Gasteiger partial charge in [-0.25, -0.2) is 4.79 Å². The number of nitrogens with one attached hydrogen (secondary N) is 1. The number of rotatable bonds is 7. The molecule has 0 bridgehead atoms. The Kier molecular flexibility index (Phi) is 7.25. The molecule has 7 nitrogen and oxygen atoms in total. The van der Waals surface area contributed by atoms with E-state index >= 15 is 0 Å². The molecule has 1 fully saturated rings. The molecule has 8 heteroatoms. The molecule has 1 aromatic rings. The molecule has 0 heterocycles. The van der Waals surface area contributed by atoms with E-state index in [0.29, 0.717) is 23.3 Å². The van der Waals surface area contributed by atoms with Crippen LogP contribution in [0, 0.1) is 11.3 Å². The van der Waals surface area contributed by atoms with E-state index in [4.69, 9.17) is 4.74 Å². The Hall–Kier alpha value is -2.53. The van der Waals surface area contributed by atoms with Crippen molar-refractivity contribution in [3.05, 3.63) is 29.8 Å². The van der Waals surface area contributed by atoms with Crippen LogP contribution >= 0.6 is 11.8 Å². The second-order valence-corrected chi connectivity index (χ2v) is 7.62. The zero-order valence-corrected chi connectivity index (χ0v) is 16.3. The van der Waals surface area contributed by atoms with E-state index in [1.54, 1.807) is 38.4 Å². The standard InChI is InChI=1S/C19H23N3O4S/c1-22(2)17(24)12-27-15-8-4-3-7-14(15)18(25)26-11-16(23)21-19(13-20)9-5-6-10-19/h3-4,7-8H,5-6,9-12H2,1-2H3,(H,21,23). The summed E-state index contributed by atoms with van der Waals surface area (Å²) >= 11 is 1.24. The lowest BCUT2D eigenvalue weighted by atomic mass is 10.00. The number of esters is 1. The van der Waals surface area contributed by atoms with Gasteiger partial charge in [0.2, 0.25) is 5.91 Å². The van der Waals surface area contributed by atoms with E-state index < -0.39 is 24.0 Å². The number of amides is 2. The summed E-state index contributed by atoms with van der Waals surface area (Å²) in [5.41, 5.74) is -0.540. The summed E-state index contributed by atoms with van der Waals surface area (Å²) in [6.07, 6.45) is 3.01. The fraction of sp³-hybridized carbons (Fsp3) is 0.474. The van der Waals surface area contributed by atoms with Crippen molar-refractivity contribution in [2.45, 2.75) is 36.1 Å². The Balaban J connectivity index is 1.93. The number of ether oxygens (including phenoxy) is 1. The van der Waals surface area contributed by atoms with Crippen LogP contribution in [0.1, 0.15) is 36.0 Å². The van der Waals surface area contributed by atoms with E-state index in [1.807, 2.05) is 0 Å². The van der Waals surface area contributed by atoms with Gasteiger partial charge in [-0.15, -0.1) is 11.8 Å². The Labute approximate surface area is 163 Å². The number of hydrogen-bond acceptors (Lipinski definition) is 6. The van der Waals surface area contributed by atoms with Crippen molar-refractivity contribution >= 4 is 29.5 Å². The summed E-state index contributed by atoms with van der Waals surface area (Å²) in [7, 11) is 3.33. The van der Waals surface area contributed by atoms with Gasteiger partial charge in [0, 0.05) is 19.0 Å². The van der Waals surface area contributed by atoms with Crippen LogP contribution in [0.2, 0.25) is 0 Å². The fourth-order valence-corrected chi connectivity index (χ4v) is 3.80. The topological polar surface area (TPSA) is 99.5 Å². The number of thioether (sulfide) groups is 1. The average Bonchev–Trinajstić information content (AvgIpc) is 3.13. The zero-order valence-electron chi connectivity index (χ0n) is 15.5. The number of carbonyl (C=O) groups is 3. The highest BCUT2D eigenvalue weighted by molar-refractivity contribution is 8.00. The first kappa shape index (κ1) is 20.8. The normalized spacial score (nSPS) is 14.9. The minimum Gasteiger partial charge on any atom is -0.452 e. The van der Waals surface area contributed by atoms with Gasteiger partial charge >= 0.3 is 5.97 Å². The van der Waals surface area contributed by atoms with Crippen molar-refractivity contribution in [3.8, 4) is 6.07 Å². The van der Waals surface area contributed by atoms with Crippen molar-refractivity contribution in [1.82, 2.24) is 10.2 Å². The van der Waals surface area contributed by atoms with Gasteiger partial charge in [0.25, 0.3) is 5.91 Å². The first-order valence-corrected chi connectivity index (χ1v) is 9.67. The monoisotopic (exact) mass is 389 g/mol. The van der Waals surface area contributed by atoms with Crippen molar-refractivity contribution < 1.29 is 19.1 Å². The van der Waals surface area contributed by atoms with Crippen LogP contribution in [0.4, 0.5) is 0 Å². The van der Waals surface area contributed by atoms with Crippen molar-refractivity contribution in [2.24, 2.45) is 0 Å². The smallest absolute Gasteiger partial charge is 0.339 e. The SMILES string of the molecule is CN(C)C(=O)CSc1ccccc1C(=O)OCC(=O)NC1(C#N)CCCC1. The summed E-state index contributed by atoms with van der Waals surface area (Å²) in [6.45, 7) is -0.447. The van der Waals surface area contributed by atoms with Crippen LogP contribution in [-0.4, -0.2) is 54.7 Å². The molecule has 27 heavy (non-hydrogen) atoms. The molecule has 0 saturated heterocycles. The molecule has 0 aromatic heterocycles. The molecule has 0 atom stereocenters. The molecule has 0 spiro atoms. The third kappa shape index (κ3) is 5.73. The molecular weight excluding hydrogens is 366 g/mol. The summed E-state index contributed by atoms with van der Waals surface area (Å²) in [4.78, 5) is 38.3. The van der Waals surface area contributed by atoms with Crippen LogP contribution in [0.3, 0.4) is 0 Å². The van der Waals surface area contributed by atoms with E-state index in [-0.39, 0.29) is 11.7 Å². The third-order valence-electron chi connectivity index (χ3n) is 4.34. The Morgan fingerprint density at radius 1 is 1.26 bits per heavy atom. The quantitative estimate of drug-likeness (QED) is 0.565. The summed E-state index contributed by atoms with van der Waals surface area (Å²) in [5.74, 6) is -0.994. The van der Waals surface area contributed by atoms with Crippen molar-refractivity contribution in [2.75, 3.05) is 26.5 Å². The minimum absolute atomic E-state index is 0.0686. The van der Waals surface area contributed by atoms with Gasteiger partial charge in [-0.3, -0.25) is 9.59 Å². The zero-order chi connectivity index (χ0) is 19.9. The van der Waals surface area contributed by atoms with E-state index in [1.165, 1.54) is 16.7 Å². The molecule has 2 amide bonds. The maximum atomic E-state index is 12.4. The molecule has 1 aromatic carbocycles. The van der Waals surface area contributed by atoms with Gasteiger partial charge in [0.05, 0.1) is 17.4 Å². The molecule has 144 valence electrons. The van der Waals surface area contributed by atoms with Gasteiger partial charge in [-0.05, 0) is 37.8 Å². The van der Waals surface area contributed by atoms with Crippen LogP contribution in [0.15, 0.2) is 29.2 Å². The first-order valence-electron chi connectivity index (χ1n) is 8.68. The molecule has 0 radical (unpaired) electrons. The number of hydrogen-bond donors (Lipinski definition) is 1. The first-order chi connectivity index (χ1) is 12.9.